The van der Waals surface area contributed by atoms with Crippen molar-refractivity contribution >= 4 is 6.09 Å². The van der Waals surface area contributed by atoms with Crippen molar-refractivity contribution in [3.05, 3.63) is 35.3 Å². The smallest absolute Gasteiger partial charge is 0.407 e. The molecule has 1 amide bonds. The summed E-state index contributed by atoms with van der Waals surface area (Å²) >= 11 is 0. The van der Waals surface area contributed by atoms with Gasteiger partial charge in [0.05, 0.1) is 12.6 Å². The van der Waals surface area contributed by atoms with Gasteiger partial charge >= 0.3 is 6.09 Å². The van der Waals surface area contributed by atoms with Gasteiger partial charge in [-0.05, 0) is 32.8 Å². The predicted molar refractivity (Wildman–Crippen MR) is 69.3 cm³/mol. The monoisotopic (exact) mass is 268 g/mol. The van der Waals surface area contributed by atoms with Crippen molar-refractivity contribution in [3.63, 3.8) is 0 Å². The second-order valence-electron chi connectivity index (χ2n) is 5.30. The number of nitrogens with one attached hydrogen (secondary N) is 1. The molecule has 0 aromatic carbocycles. The van der Waals surface area contributed by atoms with Crippen LogP contribution in [0.15, 0.2) is 24.5 Å². The van der Waals surface area contributed by atoms with E-state index in [0.717, 1.165) is 5.56 Å². The van der Waals surface area contributed by atoms with E-state index in [1.165, 1.54) is 12.4 Å². The predicted octanol–water partition coefficient (Wildman–Crippen LogP) is 0.748. The number of carbonyl (C=O) groups is 1. The van der Waals surface area contributed by atoms with Crippen LogP contribution in [0.4, 0.5) is 4.79 Å². The maximum Gasteiger partial charge on any atom is 0.407 e. The highest BCUT2D eigenvalue weighted by atomic mass is 16.6. The summed E-state index contributed by atoms with van der Waals surface area (Å²) in [5.41, 5.74) is 0.271. The lowest BCUT2D eigenvalue weighted by Crippen LogP contribution is -2.42. The lowest BCUT2D eigenvalue weighted by atomic mass is 10.1. The fourth-order valence-electron chi connectivity index (χ4n) is 1.50. The standard InChI is InChI=1S/C13H20N2O4/c1-13(2,3)19-12(17)14-11(9-16)8-10-4-6-15(18)7-5-10/h4-7,11,16H,8-9H2,1-3H3,(H,14,17)/t11-/m1/s1. The van der Waals surface area contributed by atoms with E-state index in [1.54, 1.807) is 32.9 Å². The van der Waals surface area contributed by atoms with Gasteiger partial charge < -0.3 is 20.4 Å². The second kappa shape index (κ2) is 6.38. The zero-order valence-electron chi connectivity index (χ0n) is 11.4. The molecule has 1 aromatic rings. The van der Waals surface area contributed by atoms with Crippen LogP contribution in [0.3, 0.4) is 0 Å². The summed E-state index contributed by atoms with van der Waals surface area (Å²) in [6.07, 6.45) is 2.60. The van der Waals surface area contributed by atoms with Gasteiger partial charge in [0.1, 0.15) is 5.60 Å². The maximum atomic E-state index is 11.6. The SMILES string of the molecule is CC(C)(C)OC(=O)N[C@@H](CO)Cc1cc[n+]([O-])cc1. The van der Waals surface area contributed by atoms with Crippen LogP contribution in [-0.2, 0) is 11.2 Å². The molecule has 0 fully saturated rings. The van der Waals surface area contributed by atoms with Crippen molar-refractivity contribution in [2.75, 3.05) is 6.61 Å². The molecule has 1 atom stereocenters. The summed E-state index contributed by atoms with van der Waals surface area (Å²) in [6.45, 7) is 5.10. The summed E-state index contributed by atoms with van der Waals surface area (Å²) in [7, 11) is 0. The number of pyridine rings is 1. The number of hydrogen-bond acceptors (Lipinski definition) is 4. The van der Waals surface area contributed by atoms with Gasteiger partial charge in [-0.2, -0.15) is 4.73 Å². The van der Waals surface area contributed by atoms with Crippen molar-refractivity contribution < 1.29 is 19.4 Å². The topological polar surface area (TPSA) is 85.5 Å². The number of alkyl carbamates (subject to hydrolysis) is 1. The highest BCUT2D eigenvalue weighted by molar-refractivity contribution is 5.68. The molecule has 1 aromatic heterocycles. The van der Waals surface area contributed by atoms with E-state index < -0.39 is 17.7 Å². The Morgan fingerprint density at radius 1 is 1.47 bits per heavy atom. The molecule has 1 rings (SSSR count). The second-order valence-corrected chi connectivity index (χ2v) is 5.30. The highest BCUT2D eigenvalue weighted by Crippen LogP contribution is 2.07. The van der Waals surface area contributed by atoms with E-state index in [4.69, 9.17) is 4.74 Å². The van der Waals surface area contributed by atoms with Crippen molar-refractivity contribution in [1.29, 1.82) is 0 Å². The van der Waals surface area contributed by atoms with E-state index >= 15 is 0 Å². The molecule has 0 aliphatic heterocycles. The minimum absolute atomic E-state index is 0.203. The molecule has 1 heterocycles. The van der Waals surface area contributed by atoms with Crippen LogP contribution < -0.4 is 10.0 Å². The molecular formula is C13H20N2O4. The summed E-state index contributed by atoms with van der Waals surface area (Å²) in [5.74, 6) is 0. The lowest BCUT2D eigenvalue weighted by Gasteiger charge is -2.22. The van der Waals surface area contributed by atoms with Crippen LogP contribution in [0.5, 0.6) is 0 Å². The van der Waals surface area contributed by atoms with Crippen LogP contribution in [0, 0.1) is 5.21 Å². The van der Waals surface area contributed by atoms with Gasteiger partial charge in [0, 0.05) is 12.1 Å². The van der Waals surface area contributed by atoms with Crippen molar-refractivity contribution in [1.82, 2.24) is 5.32 Å². The molecule has 106 valence electrons. The van der Waals surface area contributed by atoms with E-state index in [1.807, 2.05) is 0 Å². The van der Waals surface area contributed by atoms with Gasteiger partial charge in [0.25, 0.3) is 0 Å². The molecule has 6 nitrogen and oxygen atoms in total. The first kappa shape index (κ1) is 15.2. The van der Waals surface area contributed by atoms with Crippen molar-refractivity contribution in [2.45, 2.75) is 38.8 Å². The van der Waals surface area contributed by atoms with Gasteiger partial charge in [-0.25, -0.2) is 4.79 Å². The number of ether oxygens (including phenoxy) is 1. The van der Waals surface area contributed by atoms with Crippen LogP contribution in [-0.4, -0.2) is 29.4 Å². The molecule has 0 saturated carbocycles. The third-order valence-corrected chi connectivity index (χ3v) is 2.29. The number of aromatic nitrogens is 1. The summed E-state index contributed by atoms with van der Waals surface area (Å²) in [4.78, 5) is 11.6. The Bertz CT molecular complexity index is 412. The van der Waals surface area contributed by atoms with Gasteiger partial charge in [0.15, 0.2) is 12.4 Å². The zero-order valence-corrected chi connectivity index (χ0v) is 11.4. The molecule has 0 radical (unpaired) electrons. The van der Waals surface area contributed by atoms with Crippen LogP contribution >= 0.6 is 0 Å². The Hall–Kier alpha value is -1.82. The molecule has 0 aliphatic carbocycles. The minimum Gasteiger partial charge on any atom is -0.619 e. The molecule has 0 spiro atoms. The maximum absolute atomic E-state index is 11.6. The Morgan fingerprint density at radius 2 is 2.05 bits per heavy atom. The van der Waals surface area contributed by atoms with Gasteiger partial charge in [-0.1, -0.05) is 0 Å². The fourth-order valence-corrected chi connectivity index (χ4v) is 1.50. The molecule has 19 heavy (non-hydrogen) atoms. The van der Waals surface area contributed by atoms with Crippen molar-refractivity contribution in [2.24, 2.45) is 0 Å². The molecule has 0 bridgehead atoms. The average Bonchev–Trinajstić information content (AvgIpc) is 2.28. The molecule has 6 heteroatoms. The Kier molecular flexibility index (Phi) is 5.11. The van der Waals surface area contributed by atoms with Gasteiger partial charge in [-0.3, -0.25) is 0 Å². The van der Waals surface area contributed by atoms with Gasteiger partial charge in [-0.15, -0.1) is 0 Å². The lowest BCUT2D eigenvalue weighted by molar-refractivity contribution is -0.605. The fraction of sp³-hybridized carbons (Fsp3) is 0.538. The zero-order chi connectivity index (χ0) is 14.5. The van der Waals surface area contributed by atoms with Crippen molar-refractivity contribution in [3.8, 4) is 0 Å². The van der Waals surface area contributed by atoms with E-state index in [-0.39, 0.29) is 6.61 Å². The van der Waals surface area contributed by atoms with Crippen LogP contribution in [0.2, 0.25) is 0 Å². The van der Waals surface area contributed by atoms with Crippen LogP contribution in [0.1, 0.15) is 26.3 Å². The minimum atomic E-state index is -0.578. The Balaban J connectivity index is 2.54. The number of carbonyl (C=O) groups excluding carboxylic acids is 1. The first-order chi connectivity index (χ1) is 8.80. The summed E-state index contributed by atoms with van der Waals surface area (Å²) < 4.78 is 5.79. The Labute approximate surface area is 112 Å². The third kappa shape index (κ3) is 6.05. The van der Waals surface area contributed by atoms with Gasteiger partial charge in [0.2, 0.25) is 0 Å². The van der Waals surface area contributed by atoms with E-state index in [2.05, 4.69) is 5.32 Å². The molecule has 2 N–H and O–H groups in total. The number of nitrogens with zero attached hydrogens (tertiary/aromatic N) is 1. The van der Waals surface area contributed by atoms with Crippen LogP contribution in [0.25, 0.3) is 0 Å². The third-order valence-electron chi connectivity index (χ3n) is 2.29. The highest BCUT2D eigenvalue weighted by Gasteiger charge is 2.19. The summed E-state index contributed by atoms with van der Waals surface area (Å²) in [5, 5.41) is 22.7. The molecule has 0 unspecified atom stereocenters. The van der Waals surface area contributed by atoms with E-state index in [0.29, 0.717) is 11.2 Å². The molecule has 0 saturated heterocycles. The van der Waals surface area contributed by atoms with E-state index in [9.17, 15) is 15.1 Å². The number of aliphatic hydroxyl groups excluding tert-OH is 1. The average molecular weight is 268 g/mol. The largest absolute Gasteiger partial charge is 0.619 e. The number of amides is 1. The summed E-state index contributed by atoms with van der Waals surface area (Å²) in [6, 6.07) is 2.84. The Morgan fingerprint density at radius 3 is 2.53 bits per heavy atom. The normalized spacial score (nSPS) is 12.8. The quantitative estimate of drug-likeness (QED) is 0.623. The first-order valence-electron chi connectivity index (χ1n) is 6.08. The number of aliphatic hydroxyl groups is 1. The molecule has 0 aliphatic rings. The first-order valence-corrected chi connectivity index (χ1v) is 6.08. The number of hydrogen-bond donors (Lipinski definition) is 2. The number of rotatable bonds is 4. The molecular weight excluding hydrogens is 248 g/mol.